The first-order valence-corrected chi connectivity index (χ1v) is 6.27. The van der Waals surface area contributed by atoms with E-state index in [-0.39, 0.29) is 5.60 Å². The Hall–Kier alpha value is -0.650. The number of hydrogen-bond acceptors (Lipinski definition) is 4. The van der Waals surface area contributed by atoms with E-state index in [2.05, 4.69) is 24.1 Å². The van der Waals surface area contributed by atoms with Crippen LogP contribution in [0, 0.1) is 0 Å². The summed E-state index contributed by atoms with van der Waals surface area (Å²) in [6, 6.07) is -0.439. The van der Waals surface area contributed by atoms with Gasteiger partial charge in [0.1, 0.15) is 6.04 Å². The molecule has 0 spiro atoms. The van der Waals surface area contributed by atoms with E-state index in [1.54, 1.807) is 0 Å². The Morgan fingerprint density at radius 3 is 2.82 bits per heavy atom. The molecule has 2 N–H and O–H groups in total. The Morgan fingerprint density at radius 1 is 1.59 bits per heavy atom. The Bertz CT molecular complexity index is 256. The number of hydrogen-bond donors (Lipinski definition) is 2. The number of aliphatic carboxylic acids is 1. The summed E-state index contributed by atoms with van der Waals surface area (Å²) in [5, 5.41) is 12.0. The maximum Gasteiger partial charge on any atom is 0.320 e. The van der Waals surface area contributed by atoms with Gasteiger partial charge >= 0.3 is 5.97 Å². The lowest BCUT2D eigenvalue weighted by atomic mass is 10.1. The molecule has 5 nitrogen and oxygen atoms in total. The largest absolute Gasteiger partial charge is 0.480 e. The first kappa shape index (κ1) is 14.4. The molecule has 0 aromatic rings. The van der Waals surface area contributed by atoms with Crippen LogP contribution in [0.1, 0.15) is 27.2 Å². The molecule has 1 saturated heterocycles. The maximum absolute atomic E-state index is 11.0. The predicted octanol–water partition coefficient (Wildman–Crippen LogP) is 0.550. The molecule has 100 valence electrons. The van der Waals surface area contributed by atoms with Gasteiger partial charge in [0.15, 0.2) is 0 Å². The number of rotatable bonds is 6. The van der Waals surface area contributed by atoms with Gasteiger partial charge in [0.2, 0.25) is 0 Å². The number of carbonyl (C=O) groups is 1. The molecule has 0 radical (unpaired) electrons. The number of nitrogens with one attached hydrogen (secondary N) is 1. The monoisotopic (exact) mass is 244 g/mol. The lowest BCUT2D eigenvalue weighted by Gasteiger charge is -2.38. The number of nitrogens with zero attached hydrogens (tertiary/aromatic N) is 1. The fourth-order valence-electron chi connectivity index (χ4n) is 2.18. The molecule has 0 aromatic heterocycles. The third kappa shape index (κ3) is 5.02. The van der Waals surface area contributed by atoms with Crippen LogP contribution in [0.2, 0.25) is 0 Å². The molecule has 1 rings (SSSR count). The van der Waals surface area contributed by atoms with Gasteiger partial charge in [-0.2, -0.15) is 0 Å². The van der Waals surface area contributed by atoms with Crippen LogP contribution in [-0.4, -0.2) is 60.4 Å². The number of carboxylic acid groups (broad SMARTS) is 1. The van der Waals surface area contributed by atoms with Crippen LogP contribution < -0.4 is 5.32 Å². The fraction of sp³-hybridized carbons (Fsp3) is 0.917. The molecule has 0 bridgehead atoms. The Balaban J connectivity index is 2.35. The van der Waals surface area contributed by atoms with E-state index in [9.17, 15) is 4.79 Å². The minimum atomic E-state index is -0.764. The quantitative estimate of drug-likeness (QED) is 0.714. The molecule has 1 fully saturated rings. The summed E-state index contributed by atoms with van der Waals surface area (Å²) in [4.78, 5) is 13.3. The Labute approximate surface area is 103 Å². The van der Waals surface area contributed by atoms with Crippen molar-refractivity contribution in [1.29, 1.82) is 0 Å². The SMILES string of the molecule is CCNC(CCN1CCOC(C)(C)C1)C(=O)O. The van der Waals surface area contributed by atoms with Gasteiger partial charge in [-0.25, -0.2) is 0 Å². The van der Waals surface area contributed by atoms with Crippen LogP contribution in [0.25, 0.3) is 0 Å². The van der Waals surface area contributed by atoms with Gasteiger partial charge in [-0.1, -0.05) is 6.92 Å². The lowest BCUT2D eigenvalue weighted by Crippen LogP contribution is -2.49. The lowest BCUT2D eigenvalue weighted by molar-refractivity contribution is -0.140. The molecule has 1 heterocycles. The van der Waals surface area contributed by atoms with Crippen LogP contribution in [0.15, 0.2) is 0 Å². The van der Waals surface area contributed by atoms with Crippen molar-refractivity contribution in [3.05, 3.63) is 0 Å². The van der Waals surface area contributed by atoms with Crippen molar-refractivity contribution in [2.24, 2.45) is 0 Å². The molecule has 1 aliphatic rings. The smallest absolute Gasteiger partial charge is 0.320 e. The van der Waals surface area contributed by atoms with Crippen LogP contribution in [0.5, 0.6) is 0 Å². The summed E-state index contributed by atoms with van der Waals surface area (Å²) in [6.45, 7) is 10.0. The fourth-order valence-corrected chi connectivity index (χ4v) is 2.18. The van der Waals surface area contributed by atoms with Crippen LogP contribution >= 0.6 is 0 Å². The van der Waals surface area contributed by atoms with Gasteiger partial charge in [-0.3, -0.25) is 9.69 Å². The van der Waals surface area contributed by atoms with Crippen molar-refractivity contribution in [2.45, 2.75) is 38.8 Å². The third-order valence-electron chi connectivity index (χ3n) is 2.99. The van der Waals surface area contributed by atoms with Gasteiger partial charge < -0.3 is 15.2 Å². The van der Waals surface area contributed by atoms with Crippen molar-refractivity contribution in [3.63, 3.8) is 0 Å². The van der Waals surface area contributed by atoms with Crippen molar-refractivity contribution in [3.8, 4) is 0 Å². The number of morpholine rings is 1. The molecular formula is C12H24N2O3. The zero-order valence-electron chi connectivity index (χ0n) is 11.0. The second kappa shape index (κ2) is 6.33. The van der Waals surface area contributed by atoms with E-state index < -0.39 is 12.0 Å². The topological polar surface area (TPSA) is 61.8 Å². The van der Waals surface area contributed by atoms with Gasteiger partial charge in [-0.05, 0) is 26.8 Å². The molecule has 1 unspecified atom stereocenters. The van der Waals surface area contributed by atoms with Crippen molar-refractivity contribution in [1.82, 2.24) is 10.2 Å². The average Bonchev–Trinajstić information content (AvgIpc) is 2.22. The van der Waals surface area contributed by atoms with Crippen LogP contribution in [0.3, 0.4) is 0 Å². The third-order valence-corrected chi connectivity index (χ3v) is 2.99. The minimum absolute atomic E-state index is 0.116. The number of likely N-dealkylation sites (N-methyl/N-ethyl adjacent to an activating group) is 1. The summed E-state index contributed by atoms with van der Waals surface area (Å²) in [5.74, 6) is -0.764. The normalized spacial score (nSPS) is 22.3. The highest BCUT2D eigenvalue weighted by Gasteiger charge is 2.27. The second-order valence-corrected chi connectivity index (χ2v) is 5.12. The number of ether oxygens (including phenoxy) is 1. The molecular weight excluding hydrogens is 220 g/mol. The minimum Gasteiger partial charge on any atom is -0.480 e. The Kier molecular flexibility index (Phi) is 5.36. The van der Waals surface area contributed by atoms with Crippen LogP contribution in [-0.2, 0) is 9.53 Å². The summed E-state index contributed by atoms with van der Waals surface area (Å²) in [7, 11) is 0. The molecule has 1 atom stereocenters. The van der Waals surface area contributed by atoms with Crippen molar-refractivity contribution >= 4 is 5.97 Å². The van der Waals surface area contributed by atoms with E-state index >= 15 is 0 Å². The standard InChI is InChI=1S/C12H24N2O3/c1-4-13-10(11(15)16)5-6-14-7-8-17-12(2,3)9-14/h10,13H,4-9H2,1-3H3,(H,15,16). The Morgan fingerprint density at radius 2 is 2.29 bits per heavy atom. The number of carboxylic acids is 1. The van der Waals surface area contributed by atoms with Crippen LogP contribution in [0.4, 0.5) is 0 Å². The van der Waals surface area contributed by atoms with Crippen molar-refractivity contribution in [2.75, 3.05) is 32.8 Å². The first-order valence-electron chi connectivity index (χ1n) is 6.27. The molecule has 5 heteroatoms. The second-order valence-electron chi connectivity index (χ2n) is 5.12. The first-order chi connectivity index (χ1) is 7.94. The molecule has 17 heavy (non-hydrogen) atoms. The summed E-state index contributed by atoms with van der Waals surface area (Å²) in [6.07, 6.45) is 0.638. The van der Waals surface area contributed by atoms with E-state index in [0.29, 0.717) is 13.0 Å². The highest BCUT2D eigenvalue weighted by Crippen LogP contribution is 2.16. The summed E-state index contributed by atoms with van der Waals surface area (Å²) < 4.78 is 5.62. The van der Waals surface area contributed by atoms with Crippen molar-refractivity contribution < 1.29 is 14.6 Å². The highest BCUT2D eigenvalue weighted by atomic mass is 16.5. The summed E-state index contributed by atoms with van der Waals surface area (Å²) in [5.41, 5.74) is -0.116. The van der Waals surface area contributed by atoms with E-state index in [4.69, 9.17) is 9.84 Å². The average molecular weight is 244 g/mol. The van der Waals surface area contributed by atoms with Gasteiger partial charge in [-0.15, -0.1) is 0 Å². The van der Waals surface area contributed by atoms with E-state index in [0.717, 1.165) is 26.2 Å². The predicted molar refractivity (Wildman–Crippen MR) is 66.2 cm³/mol. The molecule has 1 aliphatic heterocycles. The zero-order valence-corrected chi connectivity index (χ0v) is 11.0. The van der Waals surface area contributed by atoms with E-state index in [1.807, 2.05) is 6.92 Å². The maximum atomic E-state index is 11.0. The molecule has 0 aliphatic carbocycles. The summed E-state index contributed by atoms with van der Waals surface area (Å²) >= 11 is 0. The van der Waals surface area contributed by atoms with E-state index in [1.165, 1.54) is 0 Å². The van der Waals surface area contributed by atoms with Gasteiger partial charge in [0.05, 0.1) is 12.2 Å². The zero-order chi connectivity index (χ0) is 12.9. The highest BCUT2D eigenvalue weighted by molar-refractivity contribution is 5.73. The molecule has 0 saturated carbocycles. The van der Waals surface area contributed by atoms with Gasteiger partial charge in [0, 0.05) is 19.6 Å². The molecule has 0 amide bonds. The molecule has 0 aromatic carbocycles. The van der Waals surface area contributed by atoms with Gasteiger partial charge in [0.25, 0.3) is 0 Å².